The quantitative estimate of drug-likeness (QED) is 0.654. The standard InChI is InChI=1S/C19H19F2N3O2S/c1-24(12-17-23-15-4-2-3-5-16(15)27-17)19(25)22-11-10-13-6-8-14(9-7-13)26-18(20)21/h2-9,18H,10-12H2,1H3,(H,22,25). The van der Waals surface area contributed by atoms with Gasteiger partial charge < -0.3 is 15.0 Å². The number of nitrogens with one attached hydrogen (secondary N) is 1. The number of amides is 2. The van der Waals surface area contributed by atoms with Gasteiger partial charge in [0.05, 0.1) is 16.8 Å². The molecule has 2 aromatic carbocycles. The lowest BCUT2D eigenvalue weighted by Crippen LogP contribution is -2.37. The van der Waals surface area contributed by atoms with Gasteiger partial charge in [0.1, 0.15) is 10.8 Å². The molecular formula is C19H19F2N3O2S. The lowest BCUT2D eigenvalue weighted by molar-refractivity contribution is -0.0498. The van der Waals surface area contributed by atoms with Crippen LogP contribution in [0.3, 0.4) is 0 Å². The molecule has 27 heavy (non-hydrogen) atoms. The van der Waals surface area contributed by atoms with Crippen LogP contribution in [0.2, 0.25) is 0 Å². The number of carbonyl (C=O) groups is 1. The van der Waals surface area contributed by atoms with Crippen molar-refractivity contribution in [1.82, 2.24) is 15.2 Å². The molecule has 0 aliphatic carbocycles. The molecular weight excluding hydrogens is 372 g/mol. The molecule has 0 spiro atoms. The molecule has 0 fully saturated rings. The van der Waals surface area contributed by atoms with Crippen LogP contribution >= 0.6 is 11.3 Å². The largest absolute Gasteiger partial charge is 0.435 e. The fraction of sp³-hybridized carbons (Fsp3) is 0.263. The number of fused-ring (bicyclic) bond motifs is 1. The Kier molecular flexibility index (Phi) is 6.18. The third-order valence-corrected chi connectivity index (χ3v) is 4.92. The first-order valence-corrected chi connectivity index (χ1v) is 9.20. The summed E-state index contributed by atoms with van der Waals surface area (Å²) < 4.78 is 29.7. The molecule has 142 valence electrons. The van der Waals surface area contributed by atoms with Crippen LogP contribution in [0.4, 0.5) is 13.6 Å². The average Bonchev–Trinajstić information content (AvgIpc) is 3.04. The molecule has 0 unspecified atom stereocenters. The normalized spacial score (nSPS) is 11.0. The SMILES string of the molecule is CN(Cc1nc2ccccc2s1)C(=O)NCCc1ccc(OC(F)F)cc1. The number of urea groups is 1. The zero-order chi connectivity index (χ0) is 19.2. The molecule has 0 bridgehead atoms. The van der Waals surface area contributed by atoms with E-state index in [1.165, 1.54) is 12.1 Å². The Balaban J connectivity index is 1.45. The molecule has 3 aromatic rings. The second-order valence-corrected chi connectivity index (χ2v) is 7.05. The van der Waals surface area contributed by atoms with Crippen LogP contribution in [-0.4, -0.2) is 36.1 Å². The molecule has 0 atom stereocenters. The summed E-state index contributed by atoms with van der Waals surface area (Å²) >= 11 is 1.57. The predicted molar refractivity (Wildman–Crippen MR) is 101 cm³/mol. The topological polar surface area (TPSA) is 54.5 Å². The molecule has 8 heteroatoms. The number of nitrogens with zero attached hydrogens (tertiary/aromatic N) is 2. The van der Waals surface area contributed by atoms with Gasteiger partial charge in [-0.15, -0.1) is 11.3 Å². The highest BCUT2D eigenvalue weighted by molar-refractivity contribution is 7.18. The molecule has 0 aliphatic heterocycles. The smallest absolute Gasteiger partial charge is 0.387 e. The van der Waals surface area contributed by atoms with Gasteiger partial charge in [0.2, 0.25) is 0 Å². The number of halogens is 2. The number of hydrogen-bond acceptors (Lipinski definition) is 4. The number of thiazole rings is 1. The summed E-state index contributed by atoms with van der Waals surface area (Å²) in [6.07, 6.45) is 0.593. The van der Waals surface area contributed by atoms with Crippen LogP contribution in [-0.2, 0) is 13.0 Å². The van der Waals surface area contributed by atoms with E-state index in [-0.39, 0.29) is 11.8 Å². The van der Waals surface area contributed by atoms with Crippen molar-refractivity contribution in [1.29, 1.82) is 0 Å². The minimum absolute atomic E-state index is 0.119. The van der Waals surface area contributed by atoms with Gasteiger partial charge in [0, 0.05) is 13.6 Å². The van der Waals surface area contributed by atoms with Gasteiger partial charge in [-0.1, -0.05) is 24.3 Å². The summed E-state index contributed by atoms with van der Waals surface area (Å²) in [6.45, 7) is -1.95. The summed E-state index contributed by atoms with van der Waals surface area (Å²) in [5, 5.41) is 3.72. The lowest BCUT2D eigenvalue weighted by atomic mass is 10.1. The summed E-state index contributed by atoms with van der Waals surface area (Å²) in [5.41, 5.74) is 1.86. The maximum atomic E-state index is 12.2. The van der Waals surface area contributed by atoms with Crippen molar-refractivity contribution in [2.24, 2.45) is 0 Å². The number of para-hydroxylation sites is 1. The molecule has 0 saturated carbocycles. The maximum Gasteiger partial charge on any atom is 0.387 e. The van der Waals surface area contributed by atoms with Gasteiger partial charge in [0.25, 0.3) is 0 Å². The molecule has 0 aliphatic rings. The van der Waals surface area contributed by atoms with Crippen molar-refractivity contribution in [3.8, 4) is 5.75 Å². The molecule has 1 N–H and O–H groups in total. The number of hydrogen-bond donors (Lipinski definition) is 1. The summed E-state index contributed by atoms with van der Waals surface area (Å²) in [4.78, 5) is 18.3. The van der Waals surface area contributed by atoms with E-state index in [1.54, 1.807) is 35.4 Å². The maximum absolute atomic E-state index is 12.2. The summed E-state index contributed by atoms with van der Waals surface area (Å²) in [6, 6.07) is 14.1. The number of rotatable bonds is 7. The van der Waals surface area contributed by atoms with Crippen LogP contribution in [0.15, 0.2) is 48.5 Å². The van der Waals surface area contributed by atoms with Crippen molar-refractivity contribution in [2.45, 2.75) is 19.6 Å². The molecule has 1 aromatic heterocycles. The van der Waals surface area contributed by atoms with E-state index < -0.39 is 6.61 Å². The second-order valence-electron chi connectivity index (χ2n) is 5.94. The Morgan fingerprint density at radius 3 is 2.67 bits per heavy atom. The summed E-state index contributed by atoms with van der Waals surface area (Å²) in [5.74, 6) is 0.119. The Hall–Kier alpha value is -2.74. The zero-order valence-corrected chi connectivity index (χ0v) is 15.5. The summed E-state index contributed by atoms with van der Waals surface area (Å²) in [7, 11) is 1.72. The van der Waals surface area contributed by atoms with Crippen LogP contribution in [0.25, 0.3) is 10.2 Å². The third kappa shape index (κ3) is 5.37. The first-order valence-electron chi connectivity index (χ1n) is 8.38. The zero-order valence-electron chi connectivity index (χ0n) is 14.7. The number of aromatic nitrogens is 1. The van der Waals surface area contributed by atoms with Gasteiger partial charge in [-0.05, 0) is 36.2 Å². The molecule has 0 saturated heterocycles. The lowest BCUT2D eigenvalue weighted by Gasteiger charge is -2.16. The minimum atomic E-state index is -2.83. The van der Waals surface area contributed by atoms with Gasteiger partial charge in [-0.2, -0.15) is 8.78 Å². The van der Waals surface area contributed by atoms with Crippen LogP contribution in [0.1, 0.15) is 10.6 Å². The van der Waals surface area contributed by atoms with Crippen LogP contribution < -0.4 is 10.1 Å². The Bertz CT molecular complexity index is 866. The molecule has 3 rings (SSSR count). The minimum Gasteiger partial charge on any atom is -0.435 e. The van der Waals surface area contributed by atoms with Crippen LogP contribution in [0.5, 0.6) is 5.75 Å². The molecule has 2 amide bonds. The van der Waals surface area contributed by atoms with Crippen molar-refractivity contribution < 1.29 is 18.3 Å². The van der Waals surface area contributed by atoms with Crippen molar-refractivity contribution >= 4 is 27.6 Å². The first-order chi connectivity index (χ1) is 13.0. The van der Waals surface area contributed by atoms with Crippen molar-refractivity contribution in [3.05, 3.63) is 59.1 Å². The van der Waals surface area contributed by atoms with E-state index >= 15 is 0 Å². The van der Waals surface area contributed by atoms with Crippen molar-refractivity contribution in [3.63, 3.8) is 0 Å². The Morgan fingerprint density at radius 1 is 1.22 bits per heavy atom. The monoisotopic (exact) mass is 391 g/mol. The first kappa shape index (κ1) is 19.0. The van der Waals surface area contributed by atoms with E-state index in [0.717, 1.165) is 20.8 Å². The highest BCUT2D eigenvalue weighted by Gasteiger charge is 2.11. The van der Waals surface area contributed by atoms with Gasteiger partial charge in [-0.25, -0.2) is 9.78 Å². The van der Waals surface area contributed by atoms with E-state index in [4.69, 9.17) is 0 Å². The van der Waals surface area contributed by atoms with Gasteiger partial charge >= 0.3 is 12.6 Å². The van der Waals surface area contributed by atoms with E-state index in [1.807, 2.05) is 24.3 Å². The fourth-order valence-corrected chi connectivity index (χ4v) is 3.57. The Labute approximate surface area is 159 Å². The van der Waals surface area contributed by atoms with Gasteiger partial charge in [-0.3, -0.25) is 0 Å². The molecule has 1 heterocycles. The predicted octanol–water partition coefficient (Wildman–Crippen LogP) is 4.28. The number of alkyl halides is 2. The van der Waals surface area contributed by atoms with Crippen molar-refractivity contribution in [2.75, 3.05) is 13.6 Å². The third-order valence-electron chi connectivity index (χ3n) is 3.90. The van der Waals surface area contributed by atoms with E-state index in [0.29, 0.717) is 19.5 Å². The number of carbonyl (C=O) groups excluding carboxylic acids is 1. The highest BCUT2D eigenvalue weighted by atomic mass is 32.1. The van der Waals surface area contributed by atoms with E-state index in [2.05, 4.69) is 15.0 Å². The molecule has 5 nitrogen and oxygen atoms in total. The van der Waals surface area contributed by atoms with Gasteiger partial charge in [0.15, 0.2) is 0 Å². The second kappa shape index (κ2) is 8.77. The Morgan fingerprint density at radius 2 is 1.96 bits per heavy atom. The average molecular weight is 391 g/mol. The number of ether oxygens (including phenoxy) is 1. The van der Waals surface area contributed by atoms with Crippen LogP contribution in [0, 0.1) is 0 Å². The fourth-order valence-electron chi connectivity index (χ4n) is 2.55. The molecule has 0 radical (unpaired) electrons. The highest BCUT2D eigenvalue weighted by Crippen LogP contribution is 2.22. The number of benzene rings is 2. The van der Waals surface area contributed by atoms with E-state index in [9.17, 15) is 13.6 Å².